The largest absolute Gasteiger partial charge is 0.439 e. The molecule has 0 aliphatic heterocycles. The molecule has 0 radical (unpaired) electrons. The summed E-state index contributed by atoms with van der Waals surface area (Å²) in [5.74, 6) is 1.21. The Morgan fingerprint density at radius 2 is 1.29 bits per heavy atom. The molecule has 162 valence electrons. The molecule has 0 saturated heterocycles. The van der Waals surface area contributed by atoms with Gasteiger partial charge in [0.2, 0.25) is 5.88 Å². The van der Waals surface area contributed by atoms with E-state index in [1.807, 2.05) is 65.3 Å². The van der Waals surface area contributed by atoms with Gasteiger partial charge in [0.1, 0.15) is 11.3 Å². The number of ether oxygens (including phenoxy) is 1. The van der Waals surface area contributed by atoms with Crippen molar-refractivity contribution in [1.82, 2.24) is 20.0 Å². The molecule has 5 heteroatoms. The number of aromatic nitrogens is 4. The number of hydrogen-bond acceptors (Lipinski definition) is 4. The molecule has 0 N–H and O–H groups in total. The zero-order valence-corrected chi connectivity index (χ0v) is 18.2. The van der Waals surface area contributed by atoms with Crippen molar-refractivity contribution in [3.8, 4) is 39.6 Å². The first-order valence-corrected chi connectivity index (χ1v) is 11.0. The van der Waals surface area contributed by atoms with E-state index in [1.165, 1.54) is 11.1 Å². The number of para-hydroxylation sites is 1. The summed E-state index contributed by atoms with van der Waals surface area (Å²) in [7, 11) is 0. The average Bonchev–Trinajstić information content (AvgIpc) is 3.34. The third-order valence-electron chi connectivity index (χ3n) is 5.67. The van der Waals surface area contributed by atoms with E-state index in [0.717, 1.165) is 27.8 Å². The fourth-order valence-electron chi connectivity index (χ4n) is 4.00. The Bertz CT molecular complexity index is 1560. The maximum atomic E-state index is 6.11. The third kappa shape index (κ3) is 3.91. The number of rotatable bonds is 5. The monoisotopic (exact) mass is 440 g/mol. The van der Waals surface area contributed by atoms with Gasteiger partial charge in [0.25, 0.3) is 0 Å². The van der Waals surface area contributed by atoms with Crippen molar-refractivity contribution >= 4 is 11.0 Å². The van der Waals surface area contributed by atoms with Crippen LogP contribution in [0.2, 0.25) is 0 Å². The molecule has 0 atom stereocenters. The van der Waals surface area contributed by atoms with Crippen LogP contribution in [0.25, 0.3) is 39.0 Å². The predicted octanol–water partition coefficient (Wildman–Crippen LogP) is 6.94. The van der Waals surface area contributed by atoms with E-state index in [2.05, 4.69) is 69.9 Å². The lowest BCUT2D eigenvalue weighted by Crippen LogP contribution is -1.98. The molecular weight excluding hydrogens is 420 g/mol. The van der Waals surface area contributed by atoms with Crippen LogP contribution >= 0.6 is 0 Å². The molecule has 0 aliphatic carbocycles. The summed E-state index contributed by atoms with van der Waals surface area (Å²) in [5.41, 5.74) is 7.10. The van der Waals surface area contributed by atoms with Crippen LogP contribution in [0.3, 0.4) is 0 Å². The summed E-state index contributed by atoms with van der Waals surface area (Å²) < 4.78 is 7.95. The van der Waals surface area contributed by atoms with E-state index < -0.39 is 0 Å². The Hall–Kier alpha value is -4.77. The highest BCUT2D eigenvalue weighted by atomic mass is 16.5. The van der Waals surface area contributed by atoms with Crippen molar-refractivity contribution in [2.24, 2.45) is 0 Å². The van der Waals surface area contributed by atoms with E-state index >= 15 is 0 Å². The molecule has 0 amide bonds. The highest BCUT2D eigenvalue weighted by Crippen LogP contribution is 2.32. The van der Waals surface area contributed by atoms with Crippen molar-refractivity contribution in [2.75, 3.05) is 0 Å². The van der Waals surface area contributed by atoms with Gasteiger partial charge < -0.3 is 4.74 Å². The second kappa shape index (κ2) is 8.64. The van der Waals surface area contributed by atoms with E-state index in [4.69, 9.17) is 4.74 Å². The van der Waals surface area contributed by atoms with Gasteiger partial charge >= 0.3 is 0 Å². The van der Waals surface area contributed by atoms with Gasteiger partial charge in [-0.05, 0) is 52.6 Å². The van der Waals surface area contributed by atoms with E-state index in [0.29, 0.717) is 11.6 Å². The molecule has 0 aliphatic rings. The average molecular weight is 441 g/mol. The van der Waals surface area contributed by atoms with Gasteiger partial charge in [-0.25, -0.2) is 9.67 Å². The fourth-order valence-corrected chi connectivity index (χ4v) is 4.00. The summed E-state index contributed by atoms with van der Waals surface area (Å²) in [6.07, 6.45) is 1.72. The maximum Gasteiger partial charge on any atom is 0.219 e. The van der Waals surface area contributed by atoms with Crippen LogP contribution in [0.15, 0.2) is 121 Å². The van der Waals surface area contributed by atoms with Crippen molar-refractivity contribution in [3.05, 3.63) is 121 Å². The standard InChI is InChI=1S/C29H20N4O/c1-2-8-21(9-3-1)22-13-15-23(16-14-22)24-18-25(33-28-11-5-4-10-27(28)31-32-33)20-26(19-24)34-29-12-6-7-17-30-29/h1-20H. The lowest BCUT2D eigenvalue weighted by atomic mass is 10.00. The first kappa shape index (κ1) is 19.9. The maximum absolute atomic E-state index is 6.11. The van der Waals surface area contributed by atoms with Gasteiger partial charge in [0.05, 0.1) is 11.2 Å². The molecule has 0 unspecified atom stereocenters. The van der Waals surface area contributed by atoms with Crippen molar-refractivity contribution in [2.45, 2.75) is 0 Å². The van der Waals surface area contributed by atoms with Crippen LogP contribution in [0, 0.1) is 0 Å². The SMILES string of the molecule is c1ccc(-c2ccc(-c3cc(Oc4ccccn4)cc(-n4nnc5ccccc54)c3)cc2)cc1. The van der Waals surface area contributed by atoms with Gasteiger partial charge in [-0.1, -0.05) is 78.0 Å². The first-order chi connectivity index (χ1) is 16.8. The molecular formula is C29H20N4O. The molecule has 0 bridgehead atoms. The topological polar surface area (TPSA) is 52.8 Å². The highest BCUT2D eigenvalue weighted by Gasteiger charge is 2.11. The quantitative estimate of drug-likeness (QED) is 0.291. The third-order valence-corrected chi connectivity index (χ3v) is 5.67. The number of fused-ring (bicyclic) bond motifs is 1. The Labute approximate surface area is 196 Å². The van der Waals surface area contributed by atoms with Crippen LogP contribution in [-0.2, 0) is 0 Å². The Balaban J connectivity index is 1.45. The van der Waals surface area contributed by atoms with E-state index in [1.54, 1.807) is 6.20 Å². The Kier molecular flexibility index (Phi) is 5.05. The van der Waals surface area contributed by atoms with E-state index in [9.17, 15) is 0 Å². The minimum absolute atomic E-state index is 0.536. The molecule has 6 rings (SSSR count). The Morgan fingerprint density at radius 3 is 2.09 bits per heavy atom. The molecule has 5 nitrogen and oxygen atoms in total. The number of hydrogen-bond donors (Lipinski definition) is 0. The predicted molar refractivity (Wildman–Crippen MR) is 134 cm³/mol. The summed E-state index contributed by atoms with van der Waals surface area (Å²) in [4.78, 5) is 4.31. The molecule has 0 fully saturated rings. The normalized spacial score (nSPS) is 10.9. The zero-order valence-electron chi connectivity index (χ0n) is 18.2. The van der Waals surface area contributed by atoms with Gasteiger partial charge in [-0.15, -0.1) is 5.10 Å². The molecule has 0 spiro atoms. The summed E-state index contributed by atoms with van der Waals surface area (Å²) in [6.45, 7) is 0. The van der Waals surface area contributed by atoms with Crippen LogP contribution < -0.4 is 4.74 Å². The van der Waals surface area contributed by atoms with Crippen molar-refractivity contribution in [3.63, 3.8) is 0 Å². The molecule has 0 saturated carbocycles. The van der Waals surface area contributed by atoms with E-state index in [-0.39, 0.29) is 0 Å². The zero-order chi connectivity index (χ0) is 22.7. The minimum atomic E-state index is 0.536. The van der Waals surface area contributed by atoms with Crippen LogP contribution in [0.4, 0.5) is 0 Å². The second-order valence-corrected chi connectivity index (χ2v) is 7.92. The smallest absolute Gasteiger partial charge is 0.219 e. The molecule has 2 heterocycles. The lowest BCUT2D eigenvalue weighted by Gasteiger charge is -2.12. The molecule has 34 heavy (non-hydrogen) atoms. The number of pyridine rings is 1. The van der Waals surface area contributed by atoms with Crippen LogP contribution in [0.5, 0.6) is 11.6 Å². The van der Waals surface area contributed by atoms with Crippen molar-refractivity contribution < 1.29 is 4.74 Å². The van der Waals surface area contributed by atoms with Crippen molar-refractivity contribution in [1.29, 1.82) is 0 Å². The first-order valence-electron chi connectivity index (χ1n) is 11.0. The number of benzene rings is 4. The van der Waals surface area contributed by atoms with Gasteiger partial charge in [0.15, 0.2) is 0 Å². The lowest BCUT2D eigenvalue weighted by molar-refractivity contribution is 0.463. The molecule has 6 aromatic rings. The second-order valence-electron chi connectivity index (χ2n) is 7.92. The van der Waals surface area contributed by atoms with Gasteiger partial charge in [-0.3, -0.25) is 0 Å². The van der Waals surface area contributed by atoms with Crippen LogP contribution in [-0.4, -0.2) is 20.0 Å². The minimum Gasteiger partial charge on any atom is -0.439 e. The summed E-state index contributed by atoms with van der Waals surface area (Å²) >= 11 is 0. The Morgan fingerprint density at radius 1 is 0.588 bits per heavy atom. The number of nitrogens with zero attached hydrogens (tertiary/aromatic N) is 4. The highest BCUT2D eigenvalue weighted by molar-refractivity contribution is 5.78. The molecule has 2 aromatic heterocycles. The fraction of sp³-hybridized carbons (Fsp3) is 0. The van der Waals surface area contributed by atoms with Crippen LogP contribution in [0.1, 0.15) is 0 Å². The van der Waals surface area contributed by atoms with Gasteiger partial charge in [0, 0.05) is 18.3 Å². The van der Waals surface area contributed by atoms with Gasteiger partial charge in [-0.2, -0.15) is 0 Å². The molecule has 4 aromatic carbocycles. The summed E-state index contributed by atoms with van der Waals surface area (Å²) in [5, 5.41) is 8.71. The summed E-state index contributed by atoms with van der Waals surface area (Å²) in [6, 6.07) is 38.5.